The zero-order chi connectivity index (χ0) is 16.6. The highest BCUT2D eigenvalue weighted by molar-refractivity contribution is 14.0. The standard InChI is InChI=1S/C16H26BrN3O2.HI/c1-6-18-15(20-11-16(2,3)22-5)19-10-12-7-8-14(21-4)13(17)9-12;/h7-9H,6,10-11H2,1-5H3,(H2,18,19,20);1H. The Labute approximate surface area is 164 Å². The minimum absolute atomic E-state index is 0. The number of guanidine groups is 1. The number of hydrogen-bond acceptors (Lipinski definition) is 3. The van der Waals surface area contributed by atoms with Crippen LogP contribution in [0.3, 0.4) is 0 Å². The summed E-state index contributed by atoms with van der Waals surface area (Å²) in [4.78, 5) is 4.59. The quantitative estimate of drug-likeness (QED) is 0.342. The van der Waals surface area contributed by atoms with Gasteiger partial charge in [0, 0.05) is 20.2 Å². The smallest absolute Gasteiger partial charge is 0.191 e. The molecule has 5 nitrogen and oxygen atoms in total. The van der Waals surface area contributed by atoms with Crippen LogP contribution in [0.5, 0.6) is 5.75 Å². The number of aliphatic imine (C=N–C) groups is 1. The molecule has 0 fully saturated rings. The lowest BCUT2D eigenvalue weighted by Crippen LogP contribution is -2.45. The van der Waals surface area contributed by atoms with E-state index >= 15 is 0 Å². The largest absolute Gasteiger partial charge is 0.496 e. The third-order valence-electron chi connectivity index (χ3n) is 3.21. The van der Waals surface area contributed by atoms with Crippen LogP contribution in [0.15, 0.2) is 27.7 Å². The van der Waals surface area contributed by atoms with Gasteiger partial charge in [-0.1, -0.05) is 6.07 Å². The number of hydrogen-bond donors (Lipinski definition) is 2. The third kappa shape index (κ3) is 8.21. The van der Waals surface area contributed by atoms with E-state index in [-0.39, 0.29) is 29.6 Å². The van der Waals surface area contributed by atoms with E-state index in [9.17, 15) is 0 Å². The van der Waals surface area contributed by atoms with Crippen molar-refractivity contribution in [3.63, 3.8) is 0 Å². The van der Waals surface area contributed by atoms with Crippen molar-refractivity contribution in [3.05, 3.63) is 28.2 Å². The van der Waals surface area contributed by atoms with Gasteiger partial charge in [0.2, 0.25) is 0 Å². The Morgan fingerprint density at radius 1 is 1.26 bits per heavy atom. The van der Waals surface area contributed by atoms with Crippen LogP contribution in [0.4, 0.5) is 0 Å². The van der Waals surface area contributed by atoms with Crippen molar-refractivity contribution >= 4 is 45.9 Å². The number of rotatable bonds is 7. The number of nitrogens with zero attached hydrogens (tertiary/aromatic N) is 1. The lowest BCUT2D eigenvalue weighted by molar-refractivity contribution is 0.0268. The van der Waals surface area contributed by atoms with Gasteiger partial charge < -0.3 is 20.1 Å². The molecule has 0 saturated carbocycles. The van der Waals surface area contributed by atoms with Gasteiger partial charge in [0.25, 0.3) is 0 Å². The van der Waals surface area contributed by atoms with Gasteiger partial charge in [0.1, 0.15) is 5.75 Å². The van der Waals surface area contributed by atoms with Crippen LogP contribution in [0.2, 0.25) is 0 Å². The third-order valence-corrected chi connectivity index (χ3v) is 3.83. The van der Waals surface area contributed by atoms with E-state index in [1.807, 2.05) is 39.0 Å². The van der Waals surface area contributed by atoms with Gasteiger partial charge in [-0.25, -0.2) is 4.99 Å². The average molecular weight is 500 g/mol. The summed E-state index contributed by atoms with van der Waals surface area (Å²) < 4.78 is 11.6. The summed E-state index contributed by atoms with van der Waals surface area (Å²) >= 11 is 3.49. The number of halogens is 2. The number of ether oxygens (including phenoxy) is 2. The second kappa shape index (κ2) is 11.1. The summed E-state index contributed by atoms with van der Waals surface area (Å²) in [7, 11) is 3.36. The highest BCUT2D eigenvalue weighted by Gasteiger charge is 2.16. The molecule has 0 unspecified atom stereocenters. The highest BCUT2D eigenvalue weighted by Crippen LogP contribution is 2.25. The molecular formula is C16H27BrIN3O2. The van der Waals surface area contributed by atoms with Gasteiger partial charge in [-0.2, -0.15) is 0 Å². The van der Waals surface area contributed by atoms with Crippen LogP contribution in [-0.2, 0) is 11.3 Å². The van der Waals surface area contributed by atoms with Crippen LogP contribution in [0, 0.1) is 0 Å². The van der Waals surface area contributed by atoms with Crippen molar-refractivity contribution in [1.82, 2.24) is 10.6 Å². The molecule has 0 aromatic heterocycles. The fourth-order valence-corrected chi connectivity index (χ4v) is 2.28. The Morgan fingerprint density at radius 3 is 2.48 bits per heavy atom. The first-order valence-electron chi connectivity index (χ1n) is 7.31. The maximum atomic E-state index is 5.40. The molecular weight excluding hydrogens is 473 g/mol. The van der Waals surface area contributed by atoms with Crippen LogP contribution < -0.4 is 15.4 Å². The van der Waals surface area contributed by atoms with Gasteiger partial charge in [0.15, 0.2) is 5.96 Å². The monoisotopic (exact) mass is 499 g/mol. The zero-order valence-electron chi connectivity index (χ0n) is 14.4. The fraction of sp³-hybridized carbons (Fsp3) is 0.562. The Balaban J connectivity index is 0.00000484. The Kier molecular flexibility index (Phi) is 10.8. The molecule has 132 valence electrons. The van der Waals surface area contributed by atoms with Crippen molar-refractivity contribution < 1.29 is 9.47 Å². The van der Waals surface area contributed by atoms with E-state index in [0.29, 0.717) is 13.1 Å². The molecule has 0 aliphatic carbocycles. The summed E-state index contributed by atoms with van der Waals surface area (Å²) in [6.45, 7) is 8.19. The van der Waals surface area contributed by atoms with Crippen LogP contribution in [-0.4, -0.2) is 38.9 Å². The van der Waals surface area contributed by atoms with E-state index < -0.39 is 0 Å². The molecule has 1 aromatic rings. The molecule has 23 heavy (non-hydrogen) atoms. The normalized spacial score (nSPS) is 11.7. The van der Waals surface area contributed by atoms with Gasteiger partial charge >= 0.3 is 0 Å². The molecule has 0 saturated heterocycles. The lowest BCUT2D eigenvalue weighted by Gasteiger charge is -2.24. The highest BCUT2D eigenvalue weighted by atomic mass is 127. The van der Waals surface area contributed by atoms with Crippen molar-refractivity contribution in [3.8, 4) is 5.75 Å². The maximum absolute atomic E-state index is 5.40. The fourth-order valence-electron chi connectivity index (χ4n) is 1.69. The molecule has 1 rings (SSSR count). The summed E-state index contributed by atoms with van der Waals surface area (Å²) in [5.74, 6) is 1.60. The first-order chi connectivity index (χ1) is 10.4. The van der Waals surface area contributed by atoms with Crippen LogP contribution >= 0.6 is 39.9 Å². The molecule has 0 atom stereocenters. The molecule has 7 heteroatoms. The molecule has 0 bridgehead atoms. The topological polar surface area (TPSA) is 54.9 Å². The number of nitrogens with one attached hydrogen (secondary N) is 2. The Morgan fingerprint density at radius 2 is 1.96 bits per heavy atom. The first kappa shape index (κ1) is 22.5. The number of methoxy groups -OCH3 is 2. The summed E-state index contributed by atoms with van der Waals surface area (Å²) in [6, 6.07) is 5.96. The molecule has 0 aliphatic rings. The van der Waals surface area contributed by atoms with Gasteiger partial charge in [-0.05, 0) is 54.4 Å². The predicted octanol–water partition coefficient (Wildman–Crippen LogP) is 3.56. The Hall–Kier alpha value is -0.540. The van der Waals surface area contributed by atoms with E-state index in [1.54, 1.807) is 14.2 Å². The SMILES string of the molecule is CCNC(=NCc1ccc(OC)c(Br)c1)NCC(C)(C)OC.I. The van der Waals surface area contributed by atoms with Gasteiger partial charge in [-0.3, -0.25) is 0 Å². The summed E-state index contributed by atoms with van der Waals surface area (Å²) in [6.07, 6.45) is 0. The number of benzene rings is 1. The lowest BCUT2D eigenvalue weighted by atomic mass is 10.1. The minimum Gasteiger partial charge on any atom is -0.496 e. The Bertz CT molecular complexity index is 510. The molecule has 2 N–H and O–H groups in total. The van der Waals surface area contributed by atoms with Crippen molar-refractivity contribution in [2.75, 3.05) is 27.3 Å². The molecule has 0 heterocycles. The van der Waals surface area contributed by atoms with E-state index in [2.05, 4.69) is 31.6 Å². The van der Waals surface area contributed by atoms with Crippen molar-refractivity contribution in [1.29, 1.82) is 0 Å². The van der Waals surface area contributed by atoms with Crippen LogP contribution in [0.1, 0.15) is 26.3 Å². The van der Waals surface area contributed by atoms with E-state index in [0.717, 1.165) is 28.3 Å². The summed E-state index contributed by atoms with van der Waals surface area (Å²) in [5.41, 5.74) is 0.871. The summed E-state index contributed by atoms with van der Waals surface area (Å²) in [5, 5.41) is 6.53. The molecule has 1 aromatic carbocycles. The molecule has 0 aliphatic heterocycles. The average Bonchev–Trinajstić information content (AvgIpc) is 2.50. The molecule has 0 spiro atoms. The minimum atomic E-state index is -0.237. The predicted molar refractivity (Wildman–Crippen MR) is 110 cm³/mol. The van der Waals surface area contributed by atoms with Crippen molar-refractivity contribution in [2.24, 2.45) is 4.99 Å². The second-order valence-electron chi connectivity index (χ2n) is 5.48. The van der Waals surface area contributed by atoms with E-state index in [1.165, 1.54) is 0 Å². The second-order valence-corrected chi connectivity index (χ2v) is 6.34. The van der Waals surface area contributed by atoms with Gasteiger partial charge in [0.05, 0.1) is 23.7 Å². The van der Waals surface area contributed by atoms with Crippen LogP contribution in [0.25, 0.3) is 0 Å². The van der Waals surface area contributed by atoms with E-state index in [4.69, 9.17) is 9.47 Å². The zero-order valence-corrected chi connectivity index (χ0v) is 18.3. The molecule has 0 radical (unpaired) electrons. The maximum Gasteiger partial charge on any atom is 0.191 e. The van der Waals surface area contributed by atoms with Gasteiger partial charge in [-0.15, -0.1) is 24.0 Å². The van der Waals surface area contributed by atoms with Crippen molar-refractivity contribution in [2.45, 2.75) is 32.9 Å². The molecule has 0 amide bonds. The first-order valence-corrected chi connectivity index (χ1v) is 8.11.